The van der Waals surface area contributed by atoms with E-state index in [0.717, 1.165) is 18.7 Å². The number of benzene rings is 1. The first-order valence-corrected chi connectivity index (χ1v) is 8.15. The number of aromatic nitrogens is 1. The molecule has 2 aromatic rings. The molecule has 1 aromatic carbocycles. The molecular formula is C18H22N4O2. The standard InChI is InChI=1S/C18H22N4O2/c23-18(21-11-15-5-2-1-3-6-15)22-10-9-20-12-16(22)14-24-17-7-4-8-19-13-17/h1-8,13,16,20H,9-12,14H2,(H,21,23). The highest BCUT2D eigenvalue weighted by Gasteiger charge is 2.27. The summed E-state index contributed by atoms with van der Waals surface area (Å²) < 4.78 is 5.76. The second-order valence-electron chi connectivity index (χ2n) is 5.70. The van der Waals surface area contributed by atoms with Gasteiger partial charge in [-0.2, -0.15) is 0 Å². The topological polar surface area (TPSA) is 66.5 Å². The van der Waals surface area contributed by atoms with Gasteiger partial charge in [0, 0.05) is 32.4 Å². The summed E-state index contributed by atoms with van der Waals surface area (Å²) in [6.45, 7) is 3.15. The third-order valence-corrected chi connectivity index (χ3v) is 3.97. The van der Waals surface area contributed by atoms with Crippen LogP contribution in [0.15, 0.2) is 54.9 Å². The fraction of sp³-hybridized carbons (Fsp3) is 0.333. The van der Waals surface area contributed by atoms with Crippen LogP contribution in [0.2, 0.25) is 0 Å². The molecule has 0 aliphatic carbocycles. The van der Waals surface area contributed by atoms with Crippen molar-refractivity contribution >= 4 is 6.03 Å². The maximum absolute atomic E-state index is 12.5. The van der Waals surface area contributed by atoms with Gasteiger partial charge in [0.25, 0.3) is 0 Å². The van der Waals surface area contributed by atoms with E-state index in [0.29, 0.717) is 25.4 Å². The Morgan fingerprint density at radius 1 is 1.29 bits per heavy atom. The predicted molar refractivity (Wildman–Crippen MR) is 91.8 cm³/mol. The molecule has 2 amide bonds. The van der Waals surface area contributed by atoms with Crippen LogP contribution in [0, 0.1) is 0 Å². The van der Waals surface area contributed by atoms with Gasteiger partial charge in [-0.15, -0.1) is 0 Å². The van der Waals surface area contributed by atoms with E-state index in [-0.39, 0.29) is 12.1 Å². The first kappa shape index (κ1) is 16.3. The maximum atomic E-state index is 12.5. The summed E-state index contributed by atoms with van der Waals surface area (Å²) in [5, 5.41) is 6.30. The Kier molecular flexibility index (Phi) is 5.63. The van der Waals surface area contributed by atoms with Crippen molar-refractivity contribution in [3.05, 3.63) is 60.4 Å². The van der Waals surface area contributed by atoms with E-state index in [9.17, 15) is 4.79 Å². The molecular weight excluding hydrogens is 304 g/mol. The molecule has 0 radical (unpaired) electrons. The number of piperazine rings is 1. The summed E-state index contributed by atoms with van der Waals surface area (Å²) in [5.74, 6) is 0.715. The number of pyridine rings is 1. The van der Waals surface area contributed by atoms with Crippen LogP contribution >= 0.6 is 0 Å². The molecule has 1 atom stereocenters. The highest BCUT2D eigenvalue weighted by atomic mass is 16.5. The van der Waals surface area contributed by atoms with Gasteiger partial charge in [-0.25, -0.2) is 4.79 Å². The molecule has 1 aliphatic heterocycles. The van der Waals surface area contributed by atoms with E-state index in [1.54, 1.807) is 12.4 Å². The van der Waals surface area contributed by atoms with Crippen molar-refractivity contribution in [1.29, 1.82) is 0 Å². The molecule has 1 unspecified atom stereocenters. The summed E-state index contributed by atoms with van der Waals surface area (Å²) in [4.78, 5) is 18.4. The zero-order valence-corrected chi connectivity index (χ0v) is 13.5. The number of carbonyl (C=O) groups excluding carboxylic acids is 1. The quantitative estimate of drug-likeness (QED) is 0.877. The Morgan fingerprint density at radius 2 is 2.17 bits per heavy atom. The van der Waals surface area contributed by atoms with Gasteiger partial charge in [0.1, 0.15) is 12.4 Å². The lowest BCUT2D eigenvalue weighted by molar-refractivity contribution is 0.124. The molecule has 6 heteroatoms. The van der Waals surface area contributed by atoms with Gasteiger partial charge in [-0.3, -0.25) is 4.98 Å². The second-order valence-corrected chi connectivity index (χ2v) is 5.70. The van der Waals surface area contributed by atoms with E-state index >= 15 is 0 Å². The van der Waals surface area contributed by atoms with Crippen molar-refractivity contribution in [2.75, 3.05) is 26.2 Å². The fourth-order valence-corrected chi connectivity index (χ4v) is 2.68. The molecule has 126 valence electrons. The molecule has 1 fully saturated rings. The molecule has 0 spiro atoms. The third kappa shape index (κ3) is 4.45. The zero-order chi connectivity index (χ0) is 16.6. The summed E-state index contributed by atoms with van der Waals surface area (Å²) in [6.07, 6.45) is 3.38. The molecule has 2 heterocycles. The number of amides is 2. The third-order valence-electron chi connectivity index (χ3n) is 3.97. The van der Waals surface area contributed by atoms with Gasteiger partial charge in [0.2, 0.25) is 0 Å². The van der Waals surface area contributed by atoms with Gasteiger partial charge < -0.3 is 20.3 Å². The van der Waals surface area contributed by atoms with Crippen LogP contribution in [0.5, 0.6) is 5.75 Å². The lowest BCUT2D eigenvalue weighted by atomic mass is 10.2. The summed E-state index contributed by atoms with van der Waals surface area (Å²) in [7, 11) is 0. The SMILES string of the molecule is O=C(NCc1ccccc1)N1CCNCC1COc1cccnc1. The molecule has 6 nitrogen and oxygen atoms in total. The minimum Gasteiger partial charge on any atom is -0.490 e. The minimum atomic E-state index is -0.0554. The van der Waals surface area contributed by atoms with E-state index in [2.05, 4.69) is 15.6 Å². The Morgan fingerprint density at radius 3 is 2.96 bits per heavy atom. The molecule has 0 bridgehead atoms. The number of urea groups is 1. The van der Waals surface area contributed by atoms with E-state index in [1.165, 1.54) is 0 Å². The van der Waals surface area contributed by atoms with Crippen molar-refractivity contribution in [3.63, 3.8) is 0 Å². The molecule has 1 aliphatic rings. The average Bonchev–Trinajstić information content (AvgIpc) is 2.66. The largest absolute Gasteiger partial charge is 0.490 e. The highest BCUT2D eigenvalue weighted by molar-refractivity contribution is 5.74. The normalized spacial score (nSPS) is 17.3. The van der Waals surface area contributed by atoms with Crippen LogP contribution in [-0.2, 0) is 6.54 Å². The molecule has 0 saturated carbocycles. The summed E-state index contributed by atoms with van der Waals surface area (Å²) >= 11 is 0. The zero-order valence-electron chi connectivity index (χ0n) is 13.5. The van der Waals surface area contributed by atoms with Crippen molar-refractivity contribution in [2.24, 2.45) is 0 Å². The van der Waals surface area contributed by atoms with Crippen LogP contribution in [0.4, 0.5) is 4.79 Å². The maximum Gasteiger partial charge on any atom is 0.318 e. The Bertz CT molecular complexity index is 636. The molecule has 1 saturated heterocycles. The van der Waals surface area contributed by atoms with Crippen molar-refractivity contribution < 1.29 is 9.53 Å². The molecule has 1 aromatic heterocycles. The Balaban J connectivity index is 1.54. The van der Waals surface area contributed by atoms with Crippen molar-refractivity contribution in [2.45, 2.75) is 12.6 Å². The van der Waals surface area contributed by atoms with Gasteiger partial charge in [0.15, 0.2) is 0 Å². The summed E-state index contributed by atoms with van der Waals surface area (Å²) in [6, 6.07) is 13.5. The van der Waals surface area contributed by atoms with Gasteiger partial charge >= 0.3 is 6.03 Å². The number of ether oxygens (including phenoxy) is 1. The number of hydrogen-bond donors (Lipinski definition) is 2. The Hall–Kier alpha value is -2.60. The monoisotopic (exact) mass is 326 g/mol. The molecule has 24 heavy (non-hydrogen) atoms. The number of hydrogen-bond acceptors (Lipinski definition) is 4. The first-order valence-electron chi connectivity index (χ1n) is 8.15. The van der Waals surface area contributed by atoms with Gasteiger partial charge in [-0.1, -0.05) is 30.3 Å². The van der Waals surface area contributed by atoms with Crippen LogP contribution < -0.4 is 15.4 Å². The fourth-order valence-electron chi connectivity index (χ4n) is 2.68. The lowest BCUT2D eigenvalue weighted by Crippen LogP contribution is -2.58. The van der Waals surface area contributed by atoms with Crippen LogP contribution in [0.25, 0.3) is 0 Å². The van der Waals surface area contributed by atoms with Gasteiger partial charge in [0.05, 0.1) is 12.2 Å². The van der Waals surface area contributed by atoms with E-state index < -0.39 is 0 Å². The Labute approximate surface area is 141 Å². The van der Waals surface area contributed by atoms with Gasteiger partial charge in [-0.05, 0) is 17.7 Å². The predicted octanol–water partition coefficient (Wildman–Crippen LogP) is 1.64. The van der Waals surface area contributed by atoms with Crippen LogP contribution in [-0.4, -0.2) is 48.2 Å². The lowest BCUT2D eigenvalue weighted by Gasteiger charge is -2.35. The van der Waals surface area contributed by atoms with Crippen molar-refractivity contribution in [3.8, 4) is 5.75 Å². The molecule has 3 rings (SSSR count). The smallest absolute Gasteiger partial charge is 0.318 e. The molecule has 2 N–H and O–H groups in total. The van der Waals surface area contributed by atoms with Crippen LogP contribution in [0.1, 0.15) is 5.56 Å². The van der Waals surface area contributed by atoms with E-state index in [1.807, 2.05) is 47.4 Å². The highest BCUT2D eigenvalue weighted by Crippen LogP contribution is 2.10. The number of rotatable bonds is 5. The summed E-state index contributed by atoms with van der Waals surface area (Å²) in [5.41, 5.74) is 1.09. The number of nitrogens with zero attached hydrogens (tertiary/aromatic N) is 2. The van der Waals surface area contributed by atoms with Crippen molar-refractivity contribution in [1.82, 2.24) is 20.5 Å². The number of nitrogens with one attached hydrogen (secondary N) is 2. The van der Waals surface area contributed by atoms with E-state index in [4.69, 9.17) is 4.74 Å². The minimum absolute atomic E-state index is 0.00488. The number of carbonyl (C=O) groups is 1. The second kappa shape index (κ2) is 8.31. The average molecular weight is 326 g/mol. The van der Waals surface area contributed by atoms with Crippen LogP contribution in [0.3, 0.4) is 0 Å². The first-order chi connectivity index (χ1) is 11.8.